The lowest BCUT2D eigenvalue weighted by molar-refractivity contribution is -0.124. The first-order chi connectivity index (χ1) is 9.18. The van der Waals surface area contributed by atoms with Crippen molar-refractivity contribution in [2.45, 2.75) is 77.3 Å². The lowest BCUT2D eigenvalue weighted by Crippen LogP contribution is -2.51. The van der Waals surface area contributed by atoms with Crippen LogP contribution in [-0.2, 0) is 4.79 Å². The Morgan fingerprint density at radius 3 is 2.37 bits per heavy atom. The van der Waals surface area contributed by atoms with E-state index in [2.05, 4.69) is 24.5 Å². The Morgan fingerprint density at radius 1 is 1.05 bits per heavy atom. The maximum atomic E-state index is 12.2. The van der Waals surface area contributed by atoms with E-state index < -0.39 is 0 Å². The topological polar surface area (TPSA) is 41.1 Å². The molecule has 110 valence electrons. The van der Waals surface area contributed by atoms with Crippen LogP contribution in [0, 0.1) is 11.8 Å². The highest BCUT2D eigenvalue weighted by Gasteiger charge is 2.27. The highest BCUT2D eigenvalue weighted by Crippen LogP contribution is 2.31. The van der Waals surface area contributed by atoms with Crippen molar-refractivity contribution in [3.8, 4) is 0 Å². The highest BCUT2D eigenvalue weighted by atomic mass is 16.2. The summed E-state index contributed by atoms with van der Waals surface area (Å²) in [6, 6.07) is 0.356. The van der Waals surface area contributed by atoms with E-state index in [0.29, 0.717) is 12.0 Å². The molecule has 0 aromatic rings. The molecule has 2 fully saturated rings. The number of carbonyl (C=O) groups is 1. The molecule has 1 heterocycles. The van der Waals surface area contributed by atoms with Crippen LogP contribution in [0.1, 0.15) is 65.2 Å². The van der Waals surface area contributed by atoms with Crippen LogP contribution in [0.25, 0.3) is 0 Å². The predicted molar refractivity (Wildman–Crippen MR) is 79.0 cm³/mol. The van der Waals surface area contributed by atoms with Crippen molar-refractivity contribution in [3.05, 3.63) is 0 Å². The molecule has 1 amide bonds. The highest BCUT2D eigenvalue weighted by molar-refractivity contribution is 5.82. The van der Waals surface area contributed by atoms with Gasteiger partial charge in [-0.3, -0.25) is 4.79 Å². The number of amides is 1. The molecular weight excluding hydrogens is 236 g/mol. The van der Waals surface area contributed by atoms with Crippen LogP contribution in [0.3, 0.4) is 0 Å². The summed E-state index contributed by atoms with van der Waals surface area (Å²) >= 11 is 0. The number of nitrogens with one attached hydrogen (secondary N) is 2. The van der Waals surface area contributed by atoms with Gasteiger partial charge in [-0.25, -0.2) is 0 Å². The van der Waals surface area contributed by atoms with Crippen molar-refractivity contribution >= 4 is 5.91 Å². The smallest absolute Gasteiger partial charge is 0.237 e. The molecule has 2 aliphatic rings. The number of hydrogen-bond donors (Lipinski definition) is 2. The minimum Gasteiger partial charge on any atom is -0.352 e. The van der Waals surface area contributed by atoms with E-state index in [-0.39, 0.29) is 11.9 Å². The molecule has 19 heavy (non-hydrogen) atoms. The average Bonchev–Trinajstić information content (AvgIpc) is 2.48. The Labute approximate surface area is 117 Å². The Morgan fingerprint density at radius 2 is 1.74 bits per heavy atom. The van der Waals surface area contributed by atoms with Crippen molar-refractivity contribution < 1.29 is 4.79 Å². The Bertz CT molecular complexity index is 280. The molecule has 0 aromatic heterocycles. The summed E-state index contributed by atoms with van der Waals surface area (Å²) in [5, 5.41) is 6.58. The Hall–Kier alpha value is -0.570. The summed E-state index contributed by atoms with van der Waals surface area (Å²) < 4.78 is 0. The molecule has 1 saturated carbocycles. The summed E-state index contributed by atoms with van der Waals surface area (Å²) in [6.07, 6.45) is 10.2. The van der Waals surface area contributed by atoms with Crippen LogP contribution >= 0.6 is 0 Å². The quantitative estimate of drug-likeness (QED) is 0.821. The Kier molecular flexibility index (Phi) is 5.68. The molecule has 1 aliphatic heterocycles. The molecule has 1 saturated heterocycles. The largest absolute Gasteiger partial charge is 0.352 e. The molecule has 0 bridgehead atoms. The van der Waals surface area contributed by atoms with Crippen molar-refractivity contribution in [1.82, 2.24) is 10.6 Å². The van der Waals surface area contributed by atoms with E-state index in [1.807, 2.05) is 0 Å². The molecule has 3 nitrogen and oxygen atoms in total. The van der Waals surface area contributed by atoms with E-state index >= 15 is 0 Å². The van der Waals surface area contributed by atoms with Gasteiger partial charge < -0.3 is 10.6 Å². The zero-order valence-corrected chi connectivity index (χ0v) is 12.6. The summed E-state index contributed by atoms with van der Waals surface area (Å²) in [7, 11) is 0. The van der Waals surface area contributed by atoms with E-state index in [1.165, 1.54) is 44.9 Å². The van der Waals surface area contributed by atoms with Crippen LogP contribution < -0.4 is 10.6 Å². The minimum absolute atomic E-state index is 0.0507. The summed E-state index contributed by atoms with van der Waals surface area (Å²) in [5.41, 5.74) is 0. The molecule has 3 unspecified atom stereocenters. The predicted octanol–water partition coefficient (Wildman–Crippen LogP) is 2.85. The minimum atomic E-state index is 0.0507. The Balaban J connectivity index is 1.78. The van der Waals surface area contributed by atoms with Gasteiger partial charge in [0.2, 0.25) is 5.91 Å². The second-order valence-corrected chi connectivity index (χ2v) is 6.56. The second kappa shape index (κ2) is 7.28. The fourth-order valence-electron chi connectivity index (χ4n) is 3.60. The van der Waals surface area contributed by atoms with Crippen molar-refractivity contribution in [2.75, 3.05) is 6.54 Å². The summed E-state index contributed by atoms with van der Waals surface area (Å²) in [4.78, 5) is 12.2. The van der Waals surface area contributed by atoms with Gasteiger partial charge in [-0.05, 0) is 38.1 Å². The van der Waals surface area contributed by atoms with E-state index in [1.54, 1.807) is 0 Å². The molecule has 0 radical (unpaired) electrons. The molecular formula is C16H30N2O. The van der Waals surface area contributed by atoms with Gasteiger partial charge in [0.15, 0.2) is 0 Å². The fraction of sp³-hybridized carbons (Fsp3) is 0.938. The molecule has 3 heteroatoms. The number of rotatable bonds is 4. The maximum Gasteiger partial charge on any atom is 0.237 e. The average molecular weight is 266 g/mol. The first-order valence-corrected chi connectivity index (χ1v) is 8.22. The first-order valence-electron chi connectivity index (χ1n) is 8.22. The number of carbonyl (C=O) groups excluding carboxylic acids is 1. The van der Waals surface area contributed by atoms with Gasteiger partial charge in [-0.1, -0.05) is 45.4 Å². The maximum absolute atomic E-state index is 12.2. The third kappa shape index (κ3) is 4.20. The number of piperidine rings is 1. The zero-order chi connectivity index (χ0) is 13.7. The molecule has 2 rings (SSSR count). The van der Waals surface area contributed by atoms with Crippen LogP contribution in [0.15, 0.2) is 0 Å². The van der Waals surface area contributed by atoms with Crippen molar-refractivity contribution in [2.24, 2.45) is 11.8 Å². The molecule has 0 aromatic carbocycles. The van der Waals surface area contributed by atoms with Gasteiger partial charge in [0, 0.05) is 6.04 Å². The van der Waals surface area contributed by atoms with Crippen molar-refractivity contribution in [3.63, 3.8) is 0 Å². The van der Waals surface area contributed by atoms with E-state index in [4.69, 9.17) is 0 Å². The van der Waals surface area contributed by atoms with Crippen LogP contribution in [0.4, 0.5) is 0 Å². The monoisotopic (exact) mass is 266 g/mol. The zero-order valence-electron chi connectivity index (χ0n) is 12.6. The molecule has 3 atom stereocenters. The molecule has 1 aliphatic carbocycles. The lowest BCUT2D eigenvalue weighted by Gasteiger charge is -2.33. The lowest BCUT2D eigenvalue weighted by atomic mass is 9.78. The van der Waals surface area contributed by atoms with Crippen LogP contribution in [-0.4, -0.2) is 24.5 Å². The van der Waals surface area contributed by atoms with E-state index in [0.717, 1.165) is 18.9 Å². The molecule has 2 N–H and O–H groups in total. The standard InChI is InChI=1S/C16H30N2O/c1-12(14-8-4-3-5-9-14)13(2)18-16(19)15-10-6-7-11-17-15/h12-15,17H,3-11H2,1-2H3,(H,18,19). The van der Waals surface area contributed by atoms with Crippen LogP contribution in [0.2, 0.25) is 0 Å². The number of hydrogen-bond acceptors (Lipinski definition) is 2. The third-order valence-electron chi connectivity index (χ3n) is 5.18. The normalized spacial score (nSPS) is 28.6. The van der Waals surface area contributed by atoms with Gasteiger partial charge in [-0.2, -0.15) is 0 Å². The van der Waals surface area contributed by atoms with Gasteiger partial charge in [0.1, 0.15) is 0 Å². The summed E-state index contributed by atoms with van der Waals surface area (Å²) in [6.45, 7) is 5.49. The third-order valence-corrected chi connectivity index (χ3v) is 5.18. The van der Waals surface area contributed by atoms with Gasteiger partial charge in [0.05, 0.1) is 6.04 Å². The van der Waals surface area contributed by atoms with Gasteiger partial charge in [0.25, 0.3) is 0 Å². The first kappa shape index (κ1) is 14.8. The fourth-order valence-corrected chi connectivity index (χ4v) is 3.60. The van der Waals surface area contributed by atoms with Gasteiger partial charge >= 0.3 is 0 Å². The van der Waals surface area contributed by atoms with Gasteiger partial charge in [-0.15, -0.1) is 0 Å². The van der Waals surface area contributed by atoms with Crippen LogP contribution in [0.5, 0.6) is 0 Å². The SMILES string of the molecule is CC(NC(=O)C1CCCCN1)C(C)C1CCCCC1. The summed E-state index contributed by atoms with van der Waals surface area (Å²) in [5.74, 6) is 1.63. The van der Waals surface area contributed by atoms with Crippen molar-refractivity contribution in [1.29, 1.82) is 0 Å². The van der Waals surface area contributed by atoms with E-state index in [9.17, 15) is 4.79 Å². The molecule has 0 spiro atoms. The second-order valence-electron chi connectivity index (χ2n) is 6.56.